The van der Waals surface area contributed by atoms with E-state index < -0.39 is 0 Å². The second-order valence-corrected chi connectivity index (χ2v) is 11.3. The third-order valence-electron chi connectivity index (χ3n) is 4.17. The Kier molecular flexibility index (Phi) is 8.56. The molecule has 0 fully saturated rings. The predicted octanol–water partition coefficient (Wildman–Crippen LogP) is 4.61. The van der Waals surface area contributed by atoms with E-state index in [1.807, 2.05) is 30.5 Å². The van der Waals surface area contributed by atoms with Crippen molar-refractivity contribution in [3.05, 3.63) is 57.5 Å². The Balaban J connectivity index is 1.47. The predicted molar refractivity (Wildman–Crippen MR) is 138 cm³/mol. The van der Waals surface area contributed by atoms with Crippen LogP contribution in [0.2, 0.25) is 5.02 Å². The van der Waals surface area contributed by atoms with Gasteiger partial charge in [0.25, 0.3) is 5.91 Å². The first-order valence-corrected chi connectivity index (χ1v) is 14.0. The second-order valence-electron chi connectivity index (χ2n) is 6.52. The number of carbonyl (C=O) groups is 2. The number of hydrogen-bond donors (Lipinski definition) is 2. The maximum atomic E-state index is 12.5. The van der Waals surface area contributed by atoms with Gasteiger partial charge in [-0.1, -0.05) is 65.5 Å². The number of aromatic nitrogens is 5. The van der Waals surface area contributed by atoms with Crippen LogP contribution < -0.4 is 10.6 Å². The number of halogens is 1. The van der Waals surface area contributed by atoms with Crippen LogP contribution >= 0.6 is 57.8 Å². The van der Waals surface area contributed by atoms with Gasteiger partial charge < -0.3 is 5.32 Å². The number of anilines is 1. The third kappa shape index (κ3) is 6.36. The highest BCUT2D eigenvalue weighted by atomic mass is 35.5. The smallest absolute Gasteiger partial charge is 0.261 e. The molecule has 0 spiro atoms. The van der Waals surface area contributed by atoms with E-state index in [1.54, 1.807) is 34.5 Å². The summed E-state index contributed by atoms with van der Waals surface area (Å²) >= 11 is 11.7. The third-order valence-corrected chi connectivity index (χ3v) is 8.06. The van der Waals surface area contributed by atoms with Gasteiger partial charge in [0.15, 0.2) is 15.3 Å². The molecule has 0 aliphatic rings. The lowest BCUT2D eigenvalue weighted by Crippen LogP contribution is -2.24. The van der Waals surface area contributed by atoms with Crippen molar-refractivity contribution in [1.82, 2.24) is 30.3 Å². The Morgan fingerprint density at radius 2 is 2.00 bits per heavy atom. The fourth-order valence-corrected chi connectivity index (χ4v) is 6.03. The molecule has 3 heterocycles. The second kappa shape index (κ2) is 11.8. The summed E-state index contributed by atoms with van der Waals surface area (Å²) in [6.45, 7) is 2.19. The van der Waals surface area contributed by atoms with Crippen LogP contribution in [-0.2, 0) is 11.3 Å². The van der Waals surface area contributed by atoms with Gasteiger partial charge in [0, 0.05) is 5.02 Å². The first kappa shape index (κ1) is 24.7. The molecule has 0 aliphatic carbocycles. The fourth-order valence-electron chi connectivity index (χ4n) is 2.76. The quantitative estimate of drug-likeness (QED) is 0.217. The summed E-state index contributed by atoms with van der Waals surface area (Å²) in [5.74, 6) is 1.06. The molecule has 0 aliphatic heterocycles. The van der Waals surface area contributed by atoms with Crippen LogP contribution in [0.3, 0.4) is 0 Å². The fraction of sp³-hybridized carbons (Fsp3) is 0.200. The average molecular weight is 552 g/mol. The van der Waals surface area contributed by atoms with Crippen molar-refractivity contribution >= 4 is 74.7 Å². The molecule has 1 aromatic carbocycles. The van der Waals surface area contributed by atoms with E-state index in [4.69, 9.17) is 11.6 Å². The van der Waals surface area contributed by atoms with E-state index in [1.165, 1.54) is 34.4 Å². The Morgan fingerprint density at radius 1 is 1.12 bits per heavy atom. The first-order valence-electron chi connectivity index (χ1n) is 9.94. The molecule has 0 atom stereocenters. The molecule has 0 radical (unpaired) electrons. The zero-order valence-electron chi connectivity index (χ0n) is 17.7. The van der Waals surface area contributed by atoms with Crippen LogP contribution in [0.5, 0.6) is 0 Å². The summed E-state index contributed by atoms with van der Waals surface area (Å²) in [6, 6.07) is 10.8. The van der Waals surface area contributed by atoms with E-state index in [0.29, 0.717) is 26.0 Å². The monoisotopic (exact) mass is 551 g/mol. The highest BCUT2D eigenvalue weighted by Crippen LogP contribution is 2.27. The van der Waals surface area contributed by atoms with E-state index in [0.717, 1.165) is 15.8 Å². The van der Waals surface area contributed by atoms with Gasteiger partial charge in [-0.3, -0.25) is 19.5 Å². The number of benzene rings is 1. The summed E-state index contributed by atoms with van der Waals surface area (Å²) in [5, 5.41) is 25.5. The van der Waals surface area contributed by atoms with Crippen molar-refractivity contribution < 1.29 is 9.59 Å². The molecule has 4 aromatic rings. The number of amides is 2. The molecule has 0 bridgehead atoms. The summed E-state index contributed by atoms with van der Waals surface area (Å²) in [6.07, 6.45) is 0. The molecule has 0 saturated carbocycles. The number of carbonyl (C=O) groups excluding carboxylic acids is 2. The Bertz CT molecular complexity index is 1280. The molecule has 2 N–H and O–H groups in total. The number of nitrogens with one attached hydrogen (secondary N) is 2. The summed E-state index contributed by atoms with van der Waals surface area (Å²) in [5.41, 5.74) is 0.728. The van der Waals surface area contributed by atoms with E-state index in [-0.39, 0.29) is 24.1 Å². The Morgan fingerprint density at radius 3 is 2.76 bits per heavy atom. The summed E-state index contributed by atoms with van der Waals surface area (Å²) in [4.78, 5) is 25.5. The van der Waals surface area contributed by atoms with Crippen LogP contribution in [0.15, 0.2) is 51.3 Å². The van der Waals surface area contributed by atoms with Crippen LogP contribution in [0.1, 0.15) is 22.4 Å². The van der Waals surface area contributed by atoms with Gasteiger partial charge in [-0.05, 0) is 35.4 Å². The molecule has 3 aromatic heterocycles. The lowest BCUT2D eigenvalue weighted by molar-refractivity contribution is -0.113. The minimum absolute atomic E-state index is 0.0933. The normalized spacial score (nSPS) is 10.9. The summed E-state index contributed by atoms with van der Waals surface area (Å²) in [7, 11) is 0. The van der Waals surface area contributed by atoms with Gasteiger partial charge in [0.1, 0.15) is 0 Å². The van der Waals surface area contributed by atoms with Gasteiger partial charge in [-0.25, -0.2) is 0 Å². The van der Waals surface area contributed by atoms with Gasteiger partial charge in [-0.2, -0.15) is 0 Å². The lowest BCUT2D eigenvalue weighted by Gasteiger charge is -2.11. The van der Waals surface area contributed by atoms with Crippen LogP contribution in [0, 0.1) is 0 Å². The zero-order chi connectivity index (χ0) is 23.9. The van der Waals surface area contributed by atoms with Gasteiger partial charge in [0.05, 0.1) is 22.9 Å². The minimum atomic E-state index is -0.234. The van der Waals surface area contributed by atoms with E-state index in [2.05, 4.69) is 31.0 Å². The SMILES string of the molecule is CCSc1nnc(NC(=O)CSc2nnc(CNC(=O)c3cccs3)n2-c2cccc(Cl)c2)s1. The number of thiophene rings is 1. The van der Waals surface area contributed by atoms with Crippen LogP contribution in [0.25, 0.3) is 5.69 Å². The van der Waals surface area contributed by atoms with Crippen LogP contribution in [-0.4, -0.2) is 48.3 Å². The lowest BCUT2D eigenvalue weighted by atomic mass is 10.3. The number of rotatable bonds is 10. The Hall–Kier alpha value is -2.45. The van der Waals surface area contributed by atoms with Crippen molar-refractivity contribution in [2.45, 2.75) is 23.0 Å². The highest BCUT2D eigenvalue weighted by Gasteiger charge is 2.18. The van der Waals surface area contributed by atoms with Crippen molar-refractivity contribution in [2.75, 3.05) is 16.8 Å². The van der Waals surface area contributed by atoms with E-state index in [9.17, 15) is 9.59 Å². The minimum Gasteiger partial charge on any atom is -0.344 e. The molecule has 176 valence electrons. The van der Waals surface area contributed by atoms with Crippen molar-refractivity contribution in [2.24, 2.45) is 0 Å². The molecule has 0 unspecified atom stereocenters. The number of hydrogen-bond acceptors (Lipinski definition) is 10. The zero-order valence-corrected chi connectivity index (χ0v) is 21.7. The van der Waals surface area contributed by atoms with Crippen molar-refractivity contribution in [3.8, 4) is 5.69 Å². The summed E-state index contributed by atoms with van der Waals surface area (Å²) < 4.78 is 2.58. The van der Waals surface area contributed by atoms with Crippen molar-refractivity contribution in [1.29, 1.82) is 0 Å². The molecular formula is C20H18ClN7O2S4. The maximum absolute atomic E-state index is 12.5. The Labute approximate surface area is 216 Å². The first-order chi connectivity index (χ1) is 16.5. The molecule has 34 heavy (non-hydrogen) atoms. The molecule has 0 saturated heterocycles. The van der Waals surface area contributed by atoms with Crippen LogP contribution in [0.4, 0.5) is 5.13 Å². The highest BCUT2D eigenvalue weighted by molar-refractivity contribution is 8.01. The maximum Gasteiger partial charge on any atom is 0.261 e. The van der Waals surface area contributed by atoms with Gasteiger partial charge in [-0.15, -0.1) is 31.7 Å². The average Bonchev–Trinajstić information content (AvgIpc) is 3.58. The van der Waals surface area contributed by atoms with Crippen molar-refractivity contribution in [3.63, 3.8) is 0 Å². The largest absolute Gasteiger partial charge is 0.344 e. The number of nitrogens with zero attached hydrogens (tertiary/aromatic N) is 5. The topological polar surface area (TPSA) is 115 Å². The standard InChI is InChI=1S/C20H18ClN7O2S4/c1-2-31-20-27-25-18(34-20)23-16(29)11-33-19-26-24-15(10-22-17(30)14-7-4-8-32-14)28(19)13-6-3-5-12(21)9-13/h3-9H,2,10-11H2,1H3,(H,22,30)(H,23,25,29). The molecule has 4 rings (SSSR count). The van der Waals surface area contributed by atoms with E-state index >= 15 is 0 Å². The number of thioether (sulfide) groups is 2. The molecule has 14 heteroatoms. The molecule has 9 nitrogen and oxygen atoms in total. The van der Waals surface area contributed by atoms with Gasteiger partial charge >= 0.3 is 0 Å². The molecular weight excluding hydrogens is 534 g/mol. The van der Waals surface area contributed by atoms with Gasteiger partial charge in [0.2, 0.25) is 11.0 Å². The molecule has 2 amide bonds.